The third-order valence-corrected chi connectivity index (χ3v) is 7.41. The van der Waals surface area contributed by atoms with Gasteiger partial charge in [-0.15, -0.1) is 24.8 Å². The van der Waals surface area contributed by atoms with Crippen LogP contribution in [0.15, 0.2) is 23.2 Å². The van der Waals surface area contributed by atoms with Crippen molar-refractivity contribution in [3.05, 3.63) is 29.6 Å². The van der Waals surface area contributed by atoms with Crippen molar-refractivity contribution in [2.45, 2.75) is 76.8 Å². The van der Waals surface area contributed by atoms with Crippen molar-refractivity contribution in [3.8, 4) is 0 Å². The van der Waals surface area contributed by atoms with Crippen LogP contribution in [0.1, 0.15) is 74.0 Å². The zero-order chi connectivity index (χ0) is 24.8. The van der Waals surface area contributed by atoms with Crippen LogP contribution >= 0.6 is 24.8 Å². The molecule has 0 radical (unpaired) electrons. The minimum absolute atomic E-state index is 0. The first-order valence-corrected chi connectivity index (χ1v) is 12.8. The SMILES string of the molecule is COCC1(CNC(=O)c2nc(N[C@H]3CCCC[C@H]3N=C(N)N)c3cc(C)ccc3n2)CCCCC1.Cl.Cl. The zero-order valence-electron chi connectivity index (χ0n) is 21.8. The first-order valence-electron chi connectivity index (χ1n) is 12.8. The summed E-state index contributed by atoms with van der Waals surface area (Å²) in [6.07, 6.45) is 9.69. The molecule has 1 aromatic carbocycles. The molecule has 0 spiro atoms. The minimum Gasteiger partial charge on any atom is -0.384 e. The number of aliphatic imine (C=N–C) groups is 1. The molecule has 1 amide bonds. The number of aromatic nitrogens is 2. The fraction of sp³-hybridized carbons (Fsp3) is 0.615. The maximum atomic E-state index is 13.2. The number of benzene rings is 1. The van der Waals surface area contributed by atoms with Crippen molar-refractivity contribution in [1.29, 1.82) is 0 Å². The molecule has 2 saturated carbocycles. The molecule has 11 heteroatoms. The Kier molecular flexibility index (Phi) is 11.7. The Balaban J connectivity index is 0.00000241. The Labute approximate surface area is 231 Å². The lowest BCUT2D eigenvalue weighted by Crippen LogP contribution is -2.42. The molecule has 1 heterocycles. The Morgan fingerprint density at radius 2 is 1.84 bits per heavy atom. The number of carbonyl (C=O) groups is 1. The molecule has 0 bridgehead atoms. The monoisotopic (exact) mass is 553 g/mol. The lowest BCUT2D eigenvalue weighted by molar-refractivity contribution is 0.0463. The molecular weight excluding hydrogens is 513 g/mol. The summed E-state index contributed by atoms with van der Waals surface area (Å²) in [5.41, 5.74) is 13.2. The summed E-state index contributed by atoms with van der Waals surface area (Å²) in [7, 11) is 1.73. The number of amides is 1. The molecule has 0 unspecified atom stereocenters. The van der Waals surface area contributed by atoms with E-state index in [-0.39, 0.29) is 60.0 Å². The summed E-state index contributed by atoms with van der Waals surface area (Å²) >= 11 is 0. The molecule has 206 valence electrons. The fourth-order valence-electron chi connectivity index (χ4n) is 5.58. The van der Waals surface area contributed by atoms with Gasteiger partial charge in [-0.25, -0.2) is 15.0 Å². The summed E-state index contributed by atoms with van der Waals surface area (Å²) < 4.78 is 5.51. The molecule has 9 nitrogen and oxygen atoms in total. The molecular formula is C26H41Cl2N7O2. The van der Waals surface area contributed by atoms with Gasteiger partial charge >= 0.3 is 0 Å². The highest BCUT2D eigenvalue weighted by molar-refractivity contribution is 5.96. The number of hydrogen-bond acceptors (Lipinski definition) is 6. The van der Waals surface area contributed by atoms with Crippen LogP contribution in [0, 0.1) is 12.3 Å². The Morgan fingerprint density at radius 3 is 2.54 bits per heavy atom. The summed E-state index contributed by atoms with van der Waals surface area (Å²) in [6.45, 7) is 3.24. The Hall–Kier alpha value is -2.36. The molecule has 1 aromatic heterocycles. The smallest absolute Gasteiger partial charge is 0.289 e. The number of nitrogens with one attached hydrogen (secondary N) is 2. The van der Waals surface area contributed by atoms with E-state index in [2.05, 4.69) is 20.6 Å². The molecule has 2 aliphatic rings. The van der Waals surface area contributed by atoms with Crippen LogP contribution in [-0.2, 0) is 4.74 Å². The van der Waals surface area contributed by atoms with Crippen LogP contribution in [0.5, 0.6) is 0 Å². The molecule has 2 atom stereocenters. The Bertz CT molecular complexity index is 1070. The van der Waals surface area contributed by atoms with Gasteiger partial charge in [-0.1, -0.05) is 43.7 Å². The van der Waals surface area contributed by atoms with Gasteiger partial charge in [0.1, 0.15) is 5.82 Å². The highest BCUT2D eigenvalue weighted by atomic mass is 35.5. The molecule has 37 heavy (non-hydrogen) atoms. The number of nitrogens with two attached hydrogens (primary N) is 2. The average molecular weight is 555 g/mol. The van der Waals surface area contributed by atoms with Crippen LogP contribution in [0.3, 0.4) is 0 Å². The van der Waals surface area contributed by atoms with Crippen molar-refractivity contribution in [2.24, 2.45) is 21.9 Å². The van der Waals surface area contributed by atoms with Gasteiger partial charge in [-0.2, -0.15) is 0 Å². The number of ether oxygens (including phenoxy) is 1. The second-order valence-corrected chi connectivity index (χ2v) is 10.2. The highest BCUT2D eigenvalue weighted by Crippen LogP contribution is 2.36. The molecule has 4 rings (SSSR count). The highest BCUT2D eigenvalue weighted by Gasteiger charge is 2.33. The van der Waals surface area contributed by atoms with Crippen molar-refractivity contribution in [1.82, 2.24) is 15.3 Å². The van der Waals surface area contributed by atoms with Gasteiger partial charge in [0.2, 0.25) is 5.82 Å². The molecule has 2 aliphatic carbocycles. The summed E-state index contributed by atoms with van der Waals surface area (Å²) in [5, 5.41) is 7.56. The van der Waals surface area contributed by atoms with Gasteiger partial charge in [0, 0.05) is 24.5 Å². The first kappa shape index (κ1) is 30.9. The van der Waals surface area contributed by atoms with Crippen LogP contribution in [-0.4, -0.2) is 54.2 Å². The quantitative estimate of drug-likeness (QED) is 0.284. The largest absolute Gasteiger partial charge is 0.384 e. The zero-order valence-corrected chi connectivity index (χ0v) is 23.4. The number of nitrogens with zero attached hydrogens (tertiary/aromatic N) is 3. The van der Waals surface area contributed by atoms with Gasteiger partial charge in [0.05, 0.1) is 24.2 Å². The van der Waals surface area contributed by atoms with E-state index in [1.807, 2.05) is 25.1 Å². The fourth-order valence-corrected chi connectivity index (χ4v) is 5.58. The number of guanidine groups is 1. The maximum absolute atomic E-state index is 13.2. The van der Waals surface area contributed by atoms with Gasteiger partial charge in [-0.05, 0) is 44.7 Å². The molecule has 6 N–H and O–H groups in total. The number of anilines is 1. The second kappa shape index (κ2) is 14.0. The first-order chi connectivity index (χ1) is 16.9. The number of methoxy groups -OCH3 is 1. The number of hydrogen-bond donors (Lipinski definition) is 4. The topological polar surface area (TPSA) is 141 Å². The van der Waals surface area contributed by atoms with E-state index in [0.717, 1.165) is 67.8 Å². The number of rotatable bonds is 8. The lowest BCUT2D eigenvalue weighted by atomic mass is 9.74. The van der Waals surface area contributed by atoms with E-state index in [0.29, 0.717) is 19.0 Å². The van der Waals surface area contributed by atoms with E-state index in [1.165, 1.54) is 6.42 Å². The molecule has 0 aliphatic heterocycles. The predicted octanol–water partition coefficient (Wildman–Crippen LogP) is 4.11. The number of carbonyl (C=O) groups excluding carboxylic acids is 1. The van der Waals surface area contributed by atoms with Crippen molar-refractivity contribution < 1.29 is 9.53 Å². The number of aryl methyl sites for hydroxylation is 1. The van der Waals surface area contributed by atoms with E-state index in [1.54, 1.807) is 7.11 Å². The van der Waals surface area contributed by atoms with Crippen LogP contribution in [0.25, 0.3) is 10.9 Å². The van der Waals surface area contributed by atoms with E-state index >= 15 is 0 Å². The van der Waals surface area contributed by atoms with Gasteiger partial charge in [0.25, 0.3) is 5.91 Å². The predicted molar refractivity (Wildman–Crippen MR) is 154 cm³/mol. The summed E-state index contributed by atoms with van der Waals surface area (Å²) in [5.74, 6) is 0.651. The van der Waals surface area contributed by atoms with Crippen LogP contribution in [0.2, 0.25) is 0 Å². The normalized spacial score (nSPS) is 20.7. The maximum Gasteiger partial charge on any atom is 0.289 e. The Morgan fingerprint density at radius 1 is 1.11 bits per heavy atom. The molecule has 2 fully saturated rings. The van der Waals surface area contributed by atoms with Gasteiger partial charge in [-0.3, -0.25) is 4.79 Å². The standard InChI is InChI=1S/C26H39N7O2.2ClH/c1-17-10-11-19-18(14-17)22(31-20-8-4-5-9-21(20)32-25(27)28)33-23(30-19)24(34)29-15-26(16-35-2)12-6-3-7-13-26;;/h10-11,14,20-21H,3-9,12-13,15-16H2,1-2H3,(H,29,34)(H4,27,28,32)(H,30,31,33);2*1H/t20-,21+;;/m0../s1. The third-order valence-electron chi connectivity index (χ3n) is 7.41. The molecule has 2 aromatic rings. The van der Waals surface area contributed by atoms with Gasteiger partial charge < -0.3 is 26.8 Å². The van der Waals surface area contributed by atoms with E-state index < -0.39 is 0 Å². The lowest BCUT2D eigenvalue weighted by Gasteiger charge is -2.36. The number of fused-ring (bicyclic) bond motifs is 1. The second-order valence-electron chi connectivity index (χ2n) is 10.2. The average Bonchev–Trinajstić information content (AvgIpc) is 2.84. The van der Waals surface area contributed by atoms with E-state index in [4.69, 9.17) is 21.2 Å². The molecule has 0 saturated heterocycles. The van der Waals surface area contributed by atoms with Crippen LogP contribution in [0.4, 0.5) is 5.82 Å². The van der Waals surface area contributed by atoms with Crippen molar-refractivity contribution in [2.75, 3.05) is 25.6 Å². The summed E-state index contributed by atoms with van der Waals surface area (Å²) in [6, 6.07) is 6.00. The van der Waals surface area contributed by atoms with Gasteiger partial charge in [0.15, 0.2) is 5.96 Å². The van der Waals surface area contributed by atoms with Crippen molar-refractivity contribution >= 4 is 53.4 Å². The third kappa shape index (κ3) is 7.82. The van der Waals surface area contributed by atoms with Crippen LogP contribution < -0.4 is 22.1 Å². The minimum atomic E-state index is -0.263. The van der Waals surface area contributed by atoms with Crippen molar-refractivity contribution in [3.63, 3.8) is 0 Å². The number of halogens is 2. The summed E-state index contributed by atoms with van der Waals surface area (Å²) in [4.78, 5) is 27.0. The van der Waals surface area contributed by atoms with E-state index in [9.17, 15) is 4.79 Å².